The number of rotatable bonds is 3. The van der Waals surface area contributed by atoms with Crippen molar-refractivity contribution in [2.45, 2.75) is 6.42 Å². The number of nitrogens with zero attached hydrogens (tertiary/aromatic N) is 2. The number of aromatic nitrogens is 2. The minimum atomic E-state index is -0.267. The molecule has 0 radical (unpaired) electrons. The fourth-order valence-electron chi connectivity index (χ4n) is 1.64. The summed E-state index contributed by atoms with van der Waals surface area (Å²) in [6.45, 7) is 0.510. The van der Waals surface area contributed by atoms with Crippen LogP contribution in [0.15, 0.2) is 47.4 Å². The molecule has 1 aromatic carbocycles. The minimum Gasteiger partial charge on any atom is -0.330 e. The Kier molecular flexibility index (Phi) is 3.12. The van der Waals surface area contributed by atoms with Gasteiger partial charge in [0.15, 0.2) is 0 Å². The molecule has 0 aliphatic rings. The van der Waals surface area contributed by atoms with E-state index in [0.717, 1.165) is 11.4 Å². The van der Waals surface area contributed by atoms with E-state index in [1.54, 1.807) is 4.57 Å². The van der Waals surface area contributed by atoms with E-state index < -0.39 is 0 Å². The summed E-state index contributed by atoms with van der Waals surface area (Å²) in [6, 6.07) is 11.3. The monoisotopic (exact) mass is 215 g/mol. The van der Waals surface area contributed by atoms with Crippen LogP contribution in [0.3, 0.4) is 0 Å². The lowest BCUT2D eigenvalue weighted by Gasteiger charge is -2.10. The van der Waals surface area contributed by atoms with E-state index in [1.807, 2.05) is 36.4 Å². The lowest BCUT2D eigenvalue weighted by atomic mass is 10.2. The Morgan fingerprint density at radius 2 is 1.94 bits per heavy atom. The molecule has 16 heavy (non-hydrogen) atoms. The molecular weight excluding hydrogens is 202 g/mol. The van der Waals surface area contributed by atoms with Crippen LogP contribution >= 0.6 is 0 Å². The van der Waals surface area contributed by atoms with Crippen LogP contribution in [-0.2, 0) is 6.42 Å². The lowest BCUT2D eigenvalue weighted by molar-refractivity contribution is 0.802. The first-order valence-electron chi connectivity index (χ1n) is 5.15. The molecule has 1 aromatic heterocycles. The Morgan fingerprint density at radius 1 is 1.19 bits per heavy atom. The van der Waals surface area contributed by atoms with E-state index in [2.05, 4.69) is 4.98 Å². The second-order valence-corrected chi connectivity index (χ2v) is 3.43. The van der Waals surface area contributed by atoms with Crippen LogP contribution in [0.2, 0.25) is 0 Å². The third kappa shape index (κ3) is 2.01. The normalized spacial score (nSPS) is 10.3. The first-order valence-corrected chi connectivity index (χ1v) is 5.15. The lowest BCUT2D eigenvalue weighted by Crippen LogP contribution is -2.25. The molecule has 2 N–H and O–H groups in total. The maximum atomic E-state index is 11.7. The van der Waals surface area contributed by atoms with Gasteiger partial charge in [0, 0.05) is 18.3 Å². The van der Waals surface area contributed by atoms with E-state index in [-0.39, 0.29) is 5.69 Å². The highest BCUT2D eigenvalue weighted by molar-refractivity contribution is 5.33. The van der Waals surface area contributed by atoms with Gasteiger partial charge in [-0.3, -0.25) is 4.57 Å². The first kappa shape index (κ1) is 10.6. The highest BCUT2D eigenvalue weighted by Crippen LogP contribution is 2.07. The van der Waals surface area contributed by atoms with Gasteiger partial charge >= 0.3 is 5.69 Å². The molecule has 0 unspecified atom stereocenters. The predicted molar refractivity (Wildman–Crippen MR) is 62.6 cm³/mol. The molecule has 4 heteroatoms. The van der Waals surface area contributed by atoms with Gasteiger partial charge in [0.25, 0.3) is 0 Å². The Bertz CT molecular complexity index is 519. The highest BCUT2D eigenvalue weighted by atomic mass is 16.1. The zero-order valence-corrected chi connectivity index (χ0v) is 8.84. The van der Waals surface area contributed by atoms with Crippen molar-refractivity contribution in [3.05, 3.63) is 58.8 Å². The quantitative estimate of drug-likeness (QED) is 0.821. The number of hydrogen-bond acceptors (Lipinski definition) is 3. The van der Waals surface area contributed by atoms with E-state index in [9.17, 15) is 4.79 Å². The maximum Gasteiger partial charge on any atom is 0.352 e. The zero-order valence-electron chi connectivity index (χ0n) is 8.84. The van der Waals surface area contributed by atoms with Gasteiger partial charge in [0.2, 0.25) is 0 Å². The summed E-state index contributed by atoms with van der Waals surface area (Å²) in [4.78, 5) is 15.5. The van der Waals surface area contributed by atoms with Crippen LogP contribution in [0.25, 0.3) is 5.69 Å². The number of para-hydroxylation sites is 1. The second-order valence-electron chi connectivity index (χ2n) is 3.43. The molecule has 0 bridgehead atoms. The summed E-state index contributed by atoms with van der Waals surface area (Å²) in [5.74, 6) is 0. The van der Waals surface area contributed by atoms with Crippen molar-refractivity contribution in [2.75, 3.05) is 6.54 Å². The van der Waals surface area contributed by atoms with Crippen molar-refractivity contribution in [3.8, 4) is 5.69 Å². The largest absolute Gasteiger partial charge is 0.352 e. The van der Waals surface area contributed by atoms with Crippen molar-refractivity contribution in [2.24, 2.45) is 5.73 Å². The molecule has 2 rings (SSSR count). The van der Waals surface area contributed by atoms with Gasteiger partial charge in [-0.05, 0) is 24.7 Å². The van der Waals surface area contributed by atoms with Crippen molar-refractivity contribution >= 4 is 0 Å². The van der Waals surface area contributed by atoms with Crippen molar-refractivity contribution in [1.29, 1.82) is 0 Å². The molecule has 2 aromatic rings. The van der Waals surface area contributed by atoms with E-state index >= 15 is 0 Å². The summed E-state index contributed by atoms with van der Waals surface area (Å²) >= 11 is 0. The topological polar surface area (TPSA) is 60.9 Å². The Hall–Kier alpha value is -1.94. The molecule has 1 heterocycles. The highest BCUT2D eigenvalue weighted by Gasteiger charge is 2.05. The molecule has 0 aliphatic carbocycles. The van der Waals surface area contributed by atoms with Gasteiger partial charge in [0.05, 0.1) is 5.69 Å². The fourth-order valence-corrected chi connectivity index (χ4v) is 1.64. The molecule has 0 aliphatic heterocycles. The standard InChI is InChI=1S/C12H13N3O/c13-8-6-11-7-9-14-12(16)15(11)10-4-2-1-3-5-10/h1-5,7,9H,6,8,13H2. The van der Waals surface area contributed by atoms with Crippen LogP contribution < -0.4 is 11.4 Å². The second kappa shape index (κ2) is 4.72. The molecule has 0 fully saturated rings. The third-order valence-corrected chi connectivity index (χ3v) is 2.35. The minimum absolute atomic E-state index is 0.267. The molecule has 0 spiro atoms. The number of nitrogens with two attached hydrogens (primary N) is 1. The molecular formula is C12H13N3O. The van der Waals surface area contributed by atoms with Gasteiger partial charge in [-0.2, -0.15) is 0 Å². The maximum absolute atomic E-state index is 11.7. The van der Waals surface area contributed by atoms with Crippen LogP contribution in [-0.4, -0.2) is 16.1 Å². The molecule has 0 atom stereocenters. The van der Waals surface area contributed by atoms with Gasteiger partial charge in [0.1, 0.15) is 0 Å². The van der Waals surface area contributed by atoms with Gasteiger partial charge in [-0.15, -0.1) is 0 Å². The Balaban J connectivity index is 2.59. The molecule has 82 valence electrons. The fraction of sp³-hybridized carbons (Fsp3) is 0.167. The summed E-state index contributed by atoms with van der Waals surface area (Å²) in [5, 5.41) is 0. The van der Waals surface area contributed by atoms with Gasteiger partial charge in [-0.25, -0.2) is 9.78 Å². The van der Waals surface area contributed by atoms with Crippen LogP contribution in [0, 0.1) is 0 Å². The van der Waals surface area contributed by atoms with Crippen molar-refractivity contribution < 1.29 is 0 Å². The average molecular weight is 215 g/mol. The summed E-state index contributed by atoms with van der Waals surface area (Å²) in [7, 11) is 0. The van der Waals surface area contributed by atoms with Gasteiger partial charge in [-0.1, -0.05) is 18.2 Å². The van der Waals surface area contributed by atoms with E-state index in [1.165, 1.54) is 6.20 Å². The first-order chi connectivity index (χ1) is 7.83. The van der Waals surface area contributed by atoms with Crippen LogP contribution in [0.5, 0.6) is 0 Å². The van der Waals surface area contributed by atoms with Crippen LogP contribution in [0.4, 0.5) is 0 Å². The van der Waals surface area contributed by atoms with Crippen molar-refractivity contribution in [3.63, 3.8) is 0 Å². The number of benzene rings is 1. The SMILES string of the molecule is NCCc1ccnc(=O)n1-c1ccccc1. The van der Waals surface area contributed by atoms with Crippen LogP contribution in [0.1, 0.15) is 5.69 Å². The Labute approximate surface area is 93.4 Å². The number of hydrogen-bond donors (Lipinski definition) is 1. The molecule has 4 nitrogen and oxygen atoms in total. The molecule has 0 saturated heterocycles. The zero-order chi connectivity index (χ0) is 11.4. The van der Waals surface area contributed by atoms with E-state index in [4.69, 9.17) is 5.73 Å². The predicted octanol–water partition coefficient (Wildman–Crippen LogP) is 0.734. The van der Waals surface area contributed by atoms with Gasteiger partial charge < -0.3 is 5.73 Å². The average Bonchev–Trinajstić information content (AvgIpc) is 2.31. The molecule has 0 saturated carbocycles. The molecule has 0 amide bonds. The Morgan fingerprint density at radius 3 is 2.62 bits per heavy atom. The van der Waals surface area contributed by atoms with Crippen molar-refractivity contribution in [1.82, 2.24) is 9.55 Å². The third-order valence-electron chi connectivity index (χ3n) is 2.35. The van der Waals surface area contributed by atoms with E-state index in [0.29, 0.717) is 13.0 Å². The summed E-state index contributed by atoms with van der Waals surface area (Å²) in [5.41, 5.74) is 6.96. The smallest absolute Gasteiger partial charge is 0.330 e. The summed E-state index contributed by atoms with van der Waals surface area (Å²) < 4.78 is 1.59. The summed E-state index contributed by atoms with van der Waals surface area (Å²) in [6.07, 6.45) is 2.18.